The third-order valence-corrected chi connectivity index (χ3v) is 5.29. The maximum Gasteiger partial charge on any atom is 0.0725 e. The molecule has 1 N–H and O–H groups in total. The Labute approximate surface area is 122 Å². The summed E-state index contributed by atoms with van der Waals surface area (Å²) in [6.07, 6.45) is 6.92. The maximum atomic E-state index is 5.54. The number of hydrogen-bond acceptors (Lipinski definition) is 2. The van der Waals surface area contributed by atoms with E-state index in [0.717, 1.165) is 25.0 Å². The molecule has 0 aromatic heterocycles. The second kappa shape index (κ2) is 6.28. The van der Waals surface area contributed by atoms with Crippen molar-refractivity contribution < 1.29 is 4.74 Å². The van der Waals surface area contributed by atoms with E-state index in [-0.39, 0.29) is 0 Å². The normalized spacial score (nSPS) is 27.3. The highest BCUT2D eigenvalue weighted by atomic mass is 16.5. The molecule has 1 aliphatic carbocycles. The Morgan fingerprint density at radius 3 is 2.90 bits per heavy atom. The summed E-state index contributed by atoms with van der Waals surface area (Å²) >= 11 is 0. The molecule has 1 heterocycles. The van der Waals surface area contributed by atoms with Crippen LogP contribution in [0.3, 0.4) is 0 Å². The van der Waals surface area contributed by atoms with Crippen molar-refractivity contribution in [1.82, 2.24) is 5.32 Å². The van der Waals surface area contributed by atoms with E-state index in [1.165, 1.54) is 48.8 Å². The molecule has 0 radical (unpaired) electrons. The van der Waals surface area contributed by atoms with Crippen molar-refractivity contribution in [2.75, 3.05) is 7.05 Å². The molecule has 3 atom stereocenters. The number of hydrogen-bond donors (Lipinski definition) is 1. The molecule has 1 aromatic carbocycles. The summed E-state index contributed by atoms with van der Waals surface area (Å²) in [5, 5.41) is 3.58. The van der Waals surface area contributed by atoms with Crippen LogP contribution in [-0.4, -0.2) is 7.05 Å². The van der Waals surface area contributed by atoms with E-state index in [2.05, 4.69) is 37.5 Å². The molecular weight excluding hydrogens is 246 g/mol. The van der Waals surface area contributed by atoms with Crippen LogP contribution in [-0.2, 0) is 18.0 Å². The van der Waals surface area contributed by atoms with Gasteiger partial charge in [0.05, 0.1) is 13.2 Å². The van der Waals surface area contributed by atoms with Gasteiger partial charge < -0.3 is 10.1 Å². The Kier molecular flexibility index (Phi) is 4.42. The molecule has 2 heteroatoms. The van der Waals surface area contributed by atoms with Crippen LogP contribution in [0.5, 0.6) is 0 Å². The molecule has 1 saturated carbocycles. The summed E-state index contributed by atoms with van der Waals surface area (Å²) in [7, 11) is 2.12. The Morgan fingerprint density at radius 2 is 2.10 bits per heavy atom. The van der Waals surface area contributed by atoms with Gasteiger partial charge in [0.25, 0.3) is 0 Å². The van der Waals surface area contributed by atoms with Gasteiger partial charge in [-0.3, -0.25) is 0 Å². The molecule has 110 valence electrons. The molecule has 1 fully saturated rings. The smallest absolute Gasteiger partial charge is 0.0725 e. The van der Waals surface area contributed by atoms with Crippen molar-refractivity contribution in [2.24, 2.45) is 11.8 Å². The first-order chi connectivity index (χ1) is 9.81. The average molecular weight is 273 g/mol. The fourth-order valence-corrected chi connectivity index (χ4v) is 4.07. The largest absolute Gasteiger partial charge is 0.372 e. The molecule has 1 aliphatic heterocycles. The van der Waals surface area contributed by atoms with Gasteiger partial charge in [0, 0.05) is 6.04 Å². The van der Waals surface area contributed by atoms with Crippen LogP contribution in [0.4, 0.5) is 0 Å². The topological polar surface area (TPSA) is 21.3 Å². The molecule has 0 amide bonds. The first-order valence-electron chi connectivity index (χ1n) is 8.18. The Balaban J connectivity index is 1.78. The van der Waals surface area contributed by atoms with Crippen molar-refractivity contribution in [3.63, 3.8) is 0 Å². The Morgan fingerprint density at radius 1 is 1.25 bits per heavy atom. The van der Waals surface area contributed by atoms with Gasteiger partial charge in [0.15, 0.2) is 0 Å². The standard InChI is InChI=1S/C18H27NO/c1-3-13-5-4-6-14(9-13)18(19-2)15-7-8-16-11-20-12-17(16)10-15/h7-8,10,13-14,18-19H,3-6,9,11-12H2,1-2H3. The average Bonchev–Trinajstić information content (AvgIpc) is 2.96. The monoisotopic (exact) mass is 273 g/mol. The zero-order chi connectivity index (χ0) is 13.9. The third kappa shape index (κ3) is 2.77. The number of benzene rings is 1. The van der Waals surface area contributed by atoms with Crippen LogP contribution >= 0.6 is 0 Å². The van der Waals surface area contributed by atoms with Crippen LogP contribution in [0, 0.1) is 11.8 Å². The van der Waals surface area contributed by atoms with Crippen molar-refractivity contribution in [2.45, 2.75) is 58.3 Å². The SMILES string of the molecule is CCC1CCCC(C(NC)c2ccc3c(c2)COC3)C1. The first kappa shape index (κ1) is 14.1. The van der Waals surface area contributed by atoms with E-state index in [1.54, 1.807) is 0 Å². The lowest BCUT2D eigenvalue weighted by atomic mass is 9.75. The highest BCUT2D eigenvalue weighted by Crippen LogP contribution is 2.39. The van der Waals surface area contributed by atoms with E-state index >= 15 is 0 Å². The summed E-state index contributed by atoms with van der Waals surface area (Å²) in [6.45, 7) is 3.93. The molecule has 0 spiro atoms. The number of ether oxygens (including phenoxy) is 1. The van der Waals surface area contributed by atoms with Gasteiger partial charge in [-0.25, -0.2) is 0 Å². The molecule has 2 nitrogen and oxygen atoms in total. The van der Waals surface area contributed by atoms with E-state index < -0.39 is 0 Å². The van der Waals surface area contributed by atoms with E-state index in [1.807, 2.05) is 0 Å². The fraction of sp³-hybridized carbons (Fsp3) is 0.667. The molecule has 3 unspecified atom stereocenters. The van der Waals surface area contributed by atoms with Gasteiger partial charge >= 0.3 is 0 Å². The van der Waals surface area contributed by atoms with Crippen molar-refractivity contribution in [3.05, 3.63) is 34.9 Å². The summed E-state index contributed by atoms with van der Waals surface area (Å²) < 4.78 is 5.54. The van der Waals surface area contributed by atoms with Crippen LogP contribution in [0.15, 0.2) is 18.2 Å². The maximum absolute atomic E-state index is 5.54. The summed E-state index contributed by atoms with van der Waals surface area (Å²) in [4.78, 5) is 0. The highest BCUT2D eigenvalue weighted by molar-refractivity contribution is 5.35. The number of fused-ring (bicyclic) bond motifs is 1. The second-order valence-corrected chi connectivity index (χ2v) is 6.49. The van der Waals surface area contributed by atoms with Crippen molar-refractivity contribution >= 4 is 0 Å². The number of nitrogens with one attached hydrogen (secondary N) is 1. The van der Waals surface area contributed by atoms with Crippen LogP contribution < -0.4 is 5.32 Å². The van der Waals surface area contributed by atoms with Crippen molar-refractivity contribution in [1.29, 1.82) is 0 Å². The lowest BCUT2D eigenvalue weighted by Crippen LogP contribution is -2.29. The lowest BCUT2D eigenvalue weighted by Gasteiger charge is -2.34. The van der Waals surface area contributed by atoms with E-state index in [0.29, 0.717) is 6.04 Å². The second-order valence-electron chi connectivity index (χ2n) is 6.49. The Bertz CT molecular complexity index is 457. The summed E-state index contributed by atoms with van der Waals surface area (Å²) in [6, 6.07) is 7.46. The lowest BCUT2D eigenvalue weighted by molar-refractivity contribution is 0.134. The minimum Gasteiger partial charge on any atom is -0.372 e. The molecule has 1 aromatic rings. The first-order valence-corrected chi connectivity index (χ1v) is 8.18. The molecular formula is C18H27NO. The predicted octanol–water partition coefficient (Wildman–Crippen LogP) is 4.19. The number of rotatable bonds is 4. The third-order valence-electron chi connectivity index (χ3n) is 5.29. The van der Waals surface area contributed by atoms with E-state index in [4.69, 9.17) is 4.74 Å². The molecule has 2 aliphatic rings. The van der Waals surface area contributed by atoms with Crippen LogP contribution in [0.2, 0.25) is 0 Å². The van der Waals surface area contributed by atoms with Gasteiger partial charge in [-0.05, 0) is 48.4 Å². The molecule has 3 rings (SSSR count). The van der Waals surface area contributed by atoms with Crippen LogP contribution in [0.1, 0.15) is 61.8 Å². The zero-order valence-electron chi connectivity index (χ0n) is 12.8. The van der Waals surface area contributed by atoms with E-state index in [9.17, 15) is 0 Å². The minimum absolute atomic E-state index is 0.509. The van der Waals surface area contributed by atoms with Gasteiger partial charge in [0.1, 0.15) is 0 Å². The molecule has 20 heavy (non-hydrogen) atoms. The summed E-state index contributed by atoms with van der Waals surface area (Å²) in [5.41, 5.74) is 4.22. The fourth-order valence-electron chi connectivity index (χ4n) is 4.07. The van der Waals surface area contributed by atoms with Gasteiger partial charge in [-0.15, -0.1) is 0 Å². The summed E-state index contributed by atoms with van der Waals surface area (Å²) in [5.74, 6) is 1.72. The quantitative estimate of drug-likeness (QED) is 0.888. The Hall–Kier alpha value is -0.860. The predicted molar refractivity (Wildman–Crippen MR) is 82.5 cm³/mol. The molecule has 0 saturated heterocycles. The van der Waals surface area contributed by atoms with Gasteiger partial charge in [-0.2, -0.15) is 0 Å². The molecule has 0 bridgehead atoms. The van der Waals surface area contributed by atoms with Gasteiger partial charge in [0.2, 0.25) is 0 Å². The highest BCUT2D eigenvalue weighted by Gasteiger charge is 2.28. The van der Waals surface area contributed by atoms with Gasteiger partial charge in [-0.1, -0.05) is 44.4 Å². The zero-order valence-corrected chi connectivity index (χ0v) is 12.8. The van der Waals surface area contributed by atoms with Crippen molar-refractivity contribution in [3.8, 4) is 0 Å². The minimum atomic E-state index is 0.509. The van der Waals surface area contributed by atoms with Crippen LogP contribution in [0.25, 0.3) is 0 Å².